The molecule has 1 heterocycles. The minimum Gasteiger partial charge on any atom is -0.481 e. The molecule has 0 aliphatic heterocycles. The van der Waals surface area contributed by atoms with Gasteiger partial charge in [-0.15, -0.1) is 11.3 Å². The van der Waals surface area contributed by atoms with E-state index in [0.717, 1.165) is 34.6 Å². The monoisotopic (exact) mass is 419 g/mol. The highest BCUT2D eigenvalue weighted by Crippen LogP contribution is 2.29. The Hall–Kier alpha value is -2.14. The highest BCUT2D eigenvalue weighted by molar-refractivity contribution is 7.16. The van der Waals surface area contributed by atoms with Crippen LogP contribution in [0.3, 0.4) is 0 Å². The van der Waals surface area contributed by atoms with E-state index in [1.54, 1.807) is 11.3 Å². The number of carboxylic acid groups (broad SMARTS) is 1. The van der Waals surface area contributed by atoms with Gasteiger partial charge >= 0.3 is 5.97 Å². The Labute approximate surface area is 180 Å². The summed E-state index contributed by atoms with van der Waals surface area (Å²) < 4.78 is 0. The lowest BCUT2D eigenvalue weighted by molar-refractivity contribution is -0.139. The van der Waals surface area contributed by atoms with Crippen LogP contribution < -0.4 is 5.32 Å². The van der Waals surface area contributed by atoms with Gasteiger partial charge < -0.3 is 10.4 Å². The van der Waals surface area contributed by atoms with Crippen LogP contribution in [0.1, 0.15) is 76.0 Å². The van der Waals surface area contributed by atoms with E-state index in [-0.39, 0.29) is 17.6 Å². The van der Waals surface area contributed by atoms with E-state index >= 15 is 0 Å². The van der Waals surface area contributed by atoms with Crippen molar-refractivity contribution in [3.8, 4) is 0 Å². The number of ketones is 1. The topological polar surface area (TPSA) is 66.4 Å². The van der Waals surface area contributed by atoms with Crippen molar-refractivity contribution in [1.29, 1.82) is 0 Å². The lowest BCUT2D eigenvalue weighted by atomic mass is 9.87. The Morgan fingerprint density at radius 2 is 1.86 bits per heavy atom. The van der Waals surface area contributed by atoms with Gasteiger partial charge in [-0.1, -0.05) is 58.9 Å². The number of carbonyl (C=O) groups excluding carboxylic acids is 1. The van der Waals surface area contributed by atoms with Gasteiger partial charge in [-0.2, -0.15) is 0 Å². The molecule has 0 spiro atoms. The molecule has 0 saturated carbocycles. The van der Waals surface area contributed by atoms with Gasteiger partial charge in [0.2, 0.25) is 0 Å². The van der Waals surface area contributed by atoms with Crippen LogP contribution in [0.15, 0.2) is 42.0 Å². The molecule has 1 aromatic heterocycles. The zero-order valence-electron chi connectivity index (χ0n) is 19.0. The largest absolute Gasteiger partial charge is 0.481 e. The molecule has 0 bridgehead atoms. The SMILES string of the molecule is C=C/C(C)=C(C)\C=C/CC(=O)c1cc(CC)sc1NC.CCC(C)(C)CC(=O)O. The first-order chi connectivity index (χ1) is 13.5. The predicted molar refractivity (Wildman–Crippen MR) is 126 cm³/mol. The number of carbonyl (C=O) groups is 2. The van der Waals surface area contributed by atoms with Crippen LogP contribution in [0.25, 0.3) is 0 Å². The van der Waals surface area contributed by atoms with E-state index in [1.165, 1.54) is 4.88 Å². The van der Waals surface area contributed by atoms with Crippen molar-refractivity contribution < 1.29 is 14.7 Å². The summed E-state index contributed by atoms with van der Waals surface area (Å²) in [6, 6.07) is 2.00. The van der Waals surface area contributed by atoms with Gasteiger partial charge in [0.1, 0.15) is 0 Å². The molecule has 1 aromatic rings. The maximum Gasteiger partial charge on any atom is 0.303 e. The summed E-state index contributed by atoms with van der Waals surface area (Å²) in [5, 5.41) is 12.5. The Bertz CT molecular complexity index is 754. The average molecular weight is 420 g/mol. The molecule has 0 atom stereocenters. The molecule has 0 aliphatic rings. The summed E-state index contributed by atoms with van der Waals surface area (Å²) in [6.07, 6.45) is 8.31. The van der Waals surface area contributed by atoms with Gasteiger partial charge in [0, 0.05) is 18.3 Å². The Morgan fingerprint density at radius 1 is 1.24 bits per heavy atom. The summed E-state index contributed by atoms with van der Waals surface area (Å²) in [5.41, 5.74) is 3.04. The maximum atomic E-state index is 12.3. The summed E-state index contributed by atoms with van der Waals surface area (Å²) in [6.45, 7) is 15.8. The Kier molecular flexibility index (Phi) is 12.2. The number of nitrogens with one attached hydrogen (secondary N) is 1. The van der Waals surface area contributed by atoms with Crippen molar-refractivity contribution in [2.45, 2.75) is 67.2 Å². The zero-order valence-corrected chi connectivity index (χ0v) is 19.8. The normalized spacial score (nSPS) is 12.1. The van der Waals surface area contributed by atoms with Gasteiger partial charge in [0.25, 0.3) is 0 Å². The van der Waals surface area contributed by atoms with Crippen LogP contribution in [-0.2, 0) is 11.2 Å². The summed E-state index contributed by atoms with van der Waals surface area (Å²) >= 11 is 1.66. The minimum absolute atomic E-state index is 0.0359. The van der Waals surface area contributed by atoms with Crippen LogP contribution in [0.4, 0.5) is 5.00 Å². The number of hydrogen-bond donors (Lipinski definition) is 2. The van der Waals surface area contributed by atoms with Crippen molar-refractivity contribution in [2.75, 3.05) is 12.4 Å². The number of aliphatic carboxylic acids is 1. The van der Waals surface area contributed by atoms with Crippen molar-refractivity contribution in [3.05, 3.63) is 52.5 Å². The predicted octanol–water partition coefficient (Wildman–Crippen LogP) is 6.90. The molecular formula is C24H37NO3S. The molecule has 4 nitrogen and oxygen atoms in total. The lowest BCUT2D eigenvalue weighted by Crippen LogP contribution is -2.14. The highest BCUT2D eigenvalue weighted by Gasteiger charge is 2.18. The van der Waals surface area contributed by atoms with E-state index in [4.69, 9.17) is 5.11 Å². The first-order valence-corrected chi connectivity index (χ1v) is 10.8. The van der Waals surface area contributed by atoms with E-state index in [0.29, 0.717) is 6.42 Å². The van der Waals surface area contributed by atoms with E-state index in [9.17, 15) is 9.59 Å². The molecule has 0 amide bonds. The number of hydrogen-bond acceptors (Lipinski definition) is 4. The molecule has 0 unspecified atom stereocenters. The van der Waals surface area contributed by atoms with Gasteiger partial charge in [0.05, 0.1) is 17.0 Å². The molecule has 29 heavy (non-hydrogen) atoms. The summed E-state index contributed by atoms with van der Waals surface area (Å²) in [5.74, 6) is -0.549. The van der Waals surface area contributed by atoms with Crippen molar-refractivity contribution in [3.63, 3.8) is 0 Å². The van der Waals surface area contributed by atoms with Gasteiger partial charge in [-0.3, -0.25) is 9.59 Å². The maximum absolute atomic E-state index is 12.3. The van der Waals surface area contributed by atoms with Crippen LogP contribution in [0.5, 0.6) is 0 Å². The molecule has 5 heteroatoms. The minimum atomic E-state index is -0.707. The third kappa shape index (κ3) is 10.3. The van der Waals surface area contributed by atoms with Gasteiger partial charge in [-0.25, -0.2) is 0 Å². The zero-order chi connectivity index (χ0) is 22.6. The van der Waals surface area contributed by atoms with Crippen molar-refractivity contribution >= 4 is 28.1 Å². The number of rotatable bonds is 10. The second-order valence-electron chi connectivity index (χ2n) is 7.75. The third-order valence-corrected chi connectivity index (χ3v) is 6.14. The molecule has 0 radical (unpaired) electrons. The standard InChI is InChI=1S/C17H23NOS.C7H14O2/c1-6-12(3)13(4)9-8-10-16(19)15-11-14(7-2)20-17(15)18-5;1-4-7(2,3)5-6(8)9/h6,8-9,11,18H,1,7,10H2,2-5H3;4-5H2,1-3H3,(H,8,9)/b9-8-,13-12-;. The van der Waals surface area contributed by atoms with E-state index in [2.05, 4.69) is 18.8 Å². The van der Waals surface area contributed by atoms with Crippen LogP contribution in [0.2, 0.25) is 0 Å². The average Bonchev–Trinajstić information content (AvgIpc) is 3.10. The molecule has 2 N–H and O–H groups in total. The molecule has 0 aromatic carbocycles. The highest BCUT2D eigenvalue weighted by atomic mass is 32.1. The first-order valence-electron chi connectivity index (χ1n) is 10.0. The molecule has 1 rings (SSSR count). The number of allylic oxidation sites excluding steroid dienone is 5. The second kappa shape index (κ2) is 13.2. The fourth-order valence-electron chi connectivity index (χ4n) is 2.29. The Morgan fingerprint density at radius 3 is 2.28 bits per heavy atom. The number of Topliss-reactive ketones (excluding diaryl/α,β-unsaturated/α-hetero) is 1. The van der Waals surface area contributed by atoms with Gasteiger partial charge in [-0.05, 0) is 42.9 Å². The van der Waals surface area contributed by atoms with Crippen LogP contribution in [0, 0.1) is 5.41 Å². The number of anilines is 1. The molecule has 0 aliphatic carbocycles. The van der Waals surface area contributed by atoms with Gasteiger partial charge in [0.15, 0.2) is 5.78 Å². The third-order valence-electron chi connectivity index (χ3n) is 4.85. The quantitative estimate of drug-likeness (QED) is 0.320. The number of carboxylic acids is 1. The summed E-state index contributed by atoms with van der Waals surface area (Å²) in [7, 11) is 1.86. The fraction of sp³-hybridized carbons (Fsp3) is 0.500. The van der Waals surface area contributed by atoms with Crippen LogP contribution >= 0.6 is 11.3 Å². The van der Waals surface area contributed by atoms with Crippen molar-refractivity contribution in [1.82, 2.24) is 0 Å². The molecule has 162 valence electrons. The molecular weight excluding hydrogens is 382 g/mol. The molecule has 0 fully saturated rings. The second-order valence-corrected chi connectivity index (χ2v) is 8.88. The van der Waals surface area contributed by atoms with Crippen LogP contribution in [-0.4, -0.2) is 23.9 Å². The lowest BCUT2D eigenvalue weighted by Gasteiger charge is -2.18. The fourth-order valence-corrected chi connectivity index (χ4v) is 3.26. The first kappa shape index (κ1) is 26.9. The summed E-state index contributed by atoms with van der Waals surface area (Å²) in [4.78, 5) is 23.7. The number of aryl methyl sites for hydroxylation is 1. The van der Waals surface area contributed by atoms with Crippen molar-refractivity contribution in [2.24, 2.45) is 5.41 Å². The van der Waals surface area contributed by atoms with E-state index < -0.39 is 5.97 Å². The Balaban J connectivity index is 0.000000734. The number of thiophene rings is 1. The van der Waals surface area contributed by atoms with E-state index in [1.807, 2.05) is 66.0 Å². The smallest absolute Gasteiger partial charge is 0.303 e. The molecule has 0 saturated heterocycles.